The summed E-state index contributed by atoms with van der Waals surface area (Å²) in [7, 11) is 1.29. The number of fused-ring (bicyclic) bond motifs is 1. The molecule has 0 aliphatic carbocycles. The largest absolute Gasteiger partial charge is 0.465 e. The highest BCUT2D eigenvalue weighted by Gasteiger charge is 2.15. The Kier molecular flexibility index (Phi) is 6.39. The van der Waals surface area contributed by atoms with Crippen LogP contribution in [-0.2, 0) is 20.8 Å². The molecule has 1 amide bonds. The molecule has 0 atom stereocenters. The molecule has 0 N–H and O–H groups in total. The van der Waals surface area contributed by atoms with E-state index in [1.54, 1.807) is 29.7 Å². The van der Waals surface area contributed by atoms with E-state index in [9.17, 15) is 14.4 Å². The molecule has 8 nitrogen and oxygen atoms in total. The third-order valence-corrected chi connectivity index (χ3v) is 5.20. The van der Waals surface area contributed by atoms with E-state index >= 15 is 0 Å². The van der Waals surface area contributed by atoms with Crippen LogP contribution < -0.4 is 4.80 Å². The van der Waals surface area contributed by atoms with E-state index < -0.39 is 17.8 Å². The monoisotopic (exact) mass is 423 g/mol. The van der Waals surface area contributed by atoms with Crippen molar-refractivity contribution in [1.82, 2.24) is 4.57 Å². The predicted molar refractivity (Wildman–Crippen MR) is 109 cm³/mol. The first-order chi connectivity index (χ1) is 14.5. The third kappa shape index (κ3) is 4.45. The lowest BCUT2D eigenvalue weighted by Gasteiger charge is -2.05. The molecule has 2 aromatic carbocycles. The van der Waals surface area contributed by atoms with Crippen LogP contribution in [0.5, 0.6) is 0 Å². The normalized spacial score (nSPS) is 11.2. The molecule has 3 rings (SSSR count). The van der Waals surface area contributed by atoms with Crippen LogP contribution in [0.2, 0.25) is 0 Å². The number of benzene rings is 2. The second-order valence-corrected chi connectivity index (χ2v) is 7.07. The summed E-state index contributed by atoms with van der Waals surface area (Å²) >= 11 is 1.16. The molecule has 9 heteroatoms. The first kappa shape index (κ1) is 21.0. The van der Waals surface area contributed by atoms with Gasteiger partial charge < -0.3 is 14.0 Å². The molecular formula is C21H17N3O5S. The Balaban J connectivity index is 2.11. The first-order valence-corrected chi connectivity index (χ1v) is 9.75. The lowest BCUT2D eigenvalue weighted by molar-refractivity contribution is -0.143. The number of ether oxygens (including phenoxy) is 2. The average Bonchev–Trinajstić information content (AvgIpc) is 3.09. The van der Waals surface area contributed by atoms with Crippen molar-refractivity contribution in [2.75, 3.05) is 13.7 Å². The maximum absolute atomic E-state index is 12.6. The molecular weight excluding hydrogens is 406 g/mol. The van der Waals surface area contributed by atoms with Gasteiger partial charge in [-0.1, -0.05) is 11.3 Å². The van der Waals surface area contributed by atoms with Crippen LogP contribution in [0.15, 0.2) is 47.5 Å². The molecule has 152 valence electrons. The summed E-state index contributed by atoms with van der Waals surface area (Å²) < 4.78 is 12.0. The van der Waals surface area contributed by atoms with Gasteiger partial charge >= 0.3 is 11.9 Å². The zero-order chi connectivity index (χ0) is 21.7. The number of thiazole rings is 1. The van der Waals surface area contributed by atoms with Crippen molar-refractivity contribution in [2.24, 2.45) is 4.99 Å². The van der Waals surface area contributed by atoms with E-state index in [2.05, 4.69) is 4.99 Å². The highest BCUT2D eigenvalue weighted by atomic mass is 32.1. The van der Waals surface area contributed by atoms with Crippen molar-refractivity contribution in [3.8, 4) is 6.07 Å². The van der Waals surface area contributed by atoms with Gasteiger partial charge in [-0.15, -0.1) is 0 Å². The summed E-state index contributed by atoms with van der Waals surface area (Å²) in [6.07, 6.45) is 0. The number of nitriles is 1. The number of esters is 2. The number of methoxy groups -OCH3 is 1. The molecule has 1 heterocycles. The lowest BCUT2D eigenvalue weighted by atomic mass is 10.1. The van der Waals surface area contributed by atoms with Crippen LogP contribution >= 0.6 is 11.3 Å². The zero-order valence-electron chi connectivity index (χ0n) is 16.2. The standard InChI is InChI=1S/C21H17N3O5S/c1-3-29-18(25)12-24-16-9-8-15(20(27)28-2)10-17(16)30-21(24)23-19(26)14-6-4-13(11-22)5-7-14/h4-10H,3,12H2,1-2H3. The molecule has 30 heavy (non-hydrogen) atoms. The molecule has 0 saturated carbocycles. The summed E-state index contributed by atoms with van der Waals surface area (Å²) in [5, 5.41) is 8.89. The van der Waals surface area contributed by atoms with Crippen LogP contribution in [-0.4, -0.2) is 36.1 Å². The number of carbonyl (C=O) groups excluding carboxylic acids is 3. The molecule has 0 fully saturated rings. The summed E-state index contributed by atoms with van der Waals surface area (Å²) in [5.74, 6) is -1.48. The van der Waals surface area contributed by atoms with Crippen LogP contribution in [0.4, 0.5) is 0 Å². The molecule has 0 radical (unpaired) electrons. The van der Waals surface area contributed by atoms with Crippen molar-refractivity contribution in [3.05, 3.63) is 64.0 Å². The van der Waals surface area contributed by atoms with Crippen molar-refractivity contribution >= 4 is 39.4 Å². The van der Waals surface area contributed by atoms with Crippen molar-refractivity contribution in [1.29, 1.82) is 5.26 Å². The van der Waals surface area contributed by atoms with Gasteiger partial charge in [0.25, 0.3) is 5.91 Å². The fourth-order valence-electron chi connectivity index (χ4n) is 2.73. The van der Waals surface area contributed by atoms with E-state index in [0.29, 0.717) is 26.9 Å². The van der Waals surface area contributed by atoms with Gasteiger partial charge in [0.2, 0.25) is 0 Å². The smallest absolute Gasteiger partial charge is 0.337 e. The minimum atomic E-state index is -0.517. The number of carbonyl (C=O) groups is 3. The Labute approximate surface area is 175 Å². The summed E-state index contributed by atoms with van der Waals surface area (Å²) in [4.78, 5) is 41.0. The minimum Gasteiger partial charge on any atom is -0.465 e. The molecule has 0 aliphatic rings. The summed E-state index contributed by atoms with van der Waals surface area (Å²) in [6, 6.07) is 13.0. The van der Waals surface area contributed by atoms with Crippen LogP contribution in [0.1, 0.15) is 33.2 Å². The molecule has 0 aliphatic heterocycles. The van der Waals surface area contributed by atoms with E-state index in [1.807, 2.05) is 6.07 Å². The second-order valence-electron chi connectivity index (χ2n) is 6.06. The Bertz CT molecular complexity index is 1230. The van der Waals surface area contributed by atoms with Crippen molar-refractivity contribution in [3.63, 3.8) is 0 Å². The van der Waals surface area contributed by atoms with Crippen molar-refractivity contribution in [2.45, 2.75) is 13.5 Å². The molecule has 0 unspecified atom stereocenters. The Morgan fingerprint density at radius 2 is 1.83 bits per heavy atom. The molecule has 3 aromatic rings. The number of amides is 1. The quantitative estimate of drug-likeness (QED) is 0.584. The highest BCUT2D eigenvalue weighted by Crippen LogP contribution is 2.20. The average molecular weight is 423 g/mol. The summed E-state index contributed by atoms with van der Waals surface area (Å²) in [5.41, 5.74) is 1.72. The molecule has 0 bridgehead atoms. The minimum absolute atomic E-state index is 0.134. The van der Waals surface area contributed by atoms with Crippen LogP contribution in [0.25, 0.3) is 10.2 Å². The van der Waals surface area contributed by atoms with E-state index in [0.717, 1.165) is 11.3 Å². The fourth-order valence-corrected chi connectivity index (χ4v) is 3.80. The van der Waals surface area contributed by atoms with Gasteiger partial charge in [0.1, 0.15) is 6.54 Å². The molecule has 0 saturated heterocycles. The second kappa shape index (κ2) is 9.15. The number of hydrogen-bond donors (Lipinski definition) is 0. The Hall–Kier alpha value is -3.77. The lowest BCUT2D eigenvalue weighted by Crippen LogP contribution is -2.23. The maximum atomic E-state index is 12.6. The molecule has 0 spiro atoms. The zero-order valence-corrected chi connectivity index (χ0v) is 17.1. The number of nitrogens with zero attached hydrogens (tertiary/aromatic N) is 3. The fraction of sp³-hybridized carbons (Fsp3) is 0.190. The van der Waals surface area contributed by atoms with Gasteiger partial charge in [-0.25, -0.2) is 4.79 Å². The van der Waals surface area contributed by atoms with Crippen LogP contribution in [0.3, 0.4) is 0 Å². The van der Waals surface area contributed by atoms with E-state index in [-0.39, 0.29) is 18.0 Å². The Morgan fingerprint density at radius 3 is 2.47 bits per heavy atom. The Morgan fingerprint density at radius 1 is 1.13 bits per heavy atom. The van der Waals surface area contributed by atoms with Gasteiger partial charge in [0, 0.05) is 5.56 Å². The van der Waals surface area contributed by atoms with E-state index in [4.69, 9.17) is 14.7 Å². The van der Waals surface area contributed by atoms with Crippen LogP contribution in [0, 0.1) is 11.3 Å². The highest BCUT2D eigenvalue weighted by molar-refractivity contribution is 7.16. The number of hydrogen-bond acceptors (Lipinski definition) is 7. The van der Waals surface area contributed by atoms with Gasteiger partial charge in [0.05, 0.1) is 41.1 Å². The topological polar surface area (TPSA) is 111 Å². The van der Waals surface area contributed by atoms with Gasteiger partial charge in [0.15, 0.2) is 4.80 Å². The maximum Gasteiger partial charge on any atom is 0.337 e. The van der Waals surface area contributed by atoms with Gasteiger partial charge in [-0.2, -0.15) is 10.3 Å². The first-order valence-electron chi connectivity index (χ1n) is 8.93. The summed E-state index contributed by atoms with van der Waals surface area (Å²) in [6.45, 7) is 1.80. The predicted octanol–water partition coefficient (Wildman–Crippen LogP) is 2.67. The van der Waals surface area contributed by atoms with Gasteiger partial charge in [-0.05, 0) is 49.4 Å². The SMILES string of the molecule is CCOC(=O)Cn1c(=NC(=O)c2ccc(C#N)cc2)sc2cc(C(=O)OC)ccc21. The number of aromatic nitrogens is 1. The number of rotatable bonds is 5. The van der Waals surface area contributed by atoms with E-state index in [1.165, 1.54) is 31.4 Å². The van der Waals surface area contributed by atoms with Gasteiger partial charge in [-0.3, -0.25) is 9.59 Å². The van der Waals surface area contributed by atoms with Crippen molar-refractivity contribution < 1.29 is 23.9 Å². The third-order valence-electron chi connectivity index (χ3n) is 4.15. The molecule has 1 aromatic heterocycles.